The lowest BCUT2D eigenvalue weighted by atomic mass is 10.1. The fourth-order valence-electron chi connectivity index (χ4n) is 2.24. The molecular weight excluding hydrogens is 352 g/mol. The van der Waals surface area contributed by atoms with Gasteiger partial charge < -0.3 is 5.32 Å². The molecule has 0 aliphatic rings. The number of amides is 1. The lowest BCUT2D eigenvalue weighted by Gasteiger charge is -2.21. The lowest BCUT2D eigenvalue weighted by molar-refractivity contribution is 0.101. The van der Waals surface area contributed by atoms with Crippen LogP contribution in [0.4, 0.5) is 5.69 Å². The van der Waals surface area contributed by atoms with Crippen LogP contribution >= 0.6 is 0 Å². The number of carbonyl (C=O) groups is 2. The maximum absolute atomic E-state index is 12.4. The summed E-state index contributed by atoms with van der Waals surface area (Å²) in [5, 5.41) is 2.70. The molecule has 1 N–H and O–H groups in total. The molecule has 1 amide bonds. The standard InChI is InChI=1S/C19H22N2O4S/c1-13(2)21(4)26(24,25)18-10-8-15(9-11-18)19(23)20-17-7-5-6-16(12-17)14(3)22/h5-13H,1-4H3,(H,20,23). The molecule has 0 spiro atoms. The molecule has 6 nitrogen and oxygen atoms in total. The molecule has 7 heteroatoms. The molecule has 0 atom stereocenters. The third-order valence-electron chi connectivity index (χ3n) is 4.05. The van der Waals surface area contributed by atoms with Crippen molar-refractivity contribution in [1.82, 2.24) is 4.31 Å². The van der Waals surface area contributed by atoms with Gasteiger partial charge in [0.15, 0.2) is 5.78 Å². The van der Waals surface area contributed by atoms with E-state index in [1.165, 1.54) is 42.5 Å². The zero-order valence-electron chi connectivity index (χ0n) is 15.2. The van der Waals surface area contributed by atoms with Crippen LogP contribution in [0.3, 0.4) is 0 Å². The Bertz CT molecular complexity index is 919. The number of sulfonamides is 1. The van der Waals surface area contributed by atoms with Crippen molar-refractivity contribution in [3.05, 3.63) is 59.7 Å². The average molecular weight is 374 g/mol. The zero-order chi connectivity index (χ0) is 19.5. The fourth-order valence-corrected chi connectivity index (χ4v) is 3.61. The Hall–Kier alpha value is -2.51. The van der Waals surface area contributed by atoms with Gasteiger partial charge in [-0.15, -0.1) is 0 Å². The predicted molar refractivity (Wildman–Crippen MR) is 101 cm³/mol. The summed E-state index contributed by atoms with van der Waals surface area (Å²) in [6, 6.07) is 12.2. The lowest BCUT2D eigenvalue weighted by Crippen LogP contribution is -2.33. The molecule has 2 aromatic rings. The van der Waals surface area contributed by atoms with E-state index in [0.717, 1.165) is 0 Å². The Labute approximate surface area is 153 Å². The van der Waals surface area contributed by atoms with E-state index in [4.69, 9.17) is 0 Å². The van der Waals surface area contributed by atoms with Crippen LogP contribution in [0, 0.1) is 0 Å². The molecule has 2 aromatic carbocycles. The smallest absolute Gasteiger partial charge is 0.255 e. The van der Waals surface area contributed by atoms with Gasteiger partial charge in [0.1, 0.15) is 0 Å². The molecule has 0 fully saturated rings. The van der Waals surface area contributed by atoms with Crippen LogP contribution < -0.4 is 5.32 Å². The first-order valence-corrected chi connectivity index (χ1v) is 9.57. The fraction of sp³-hybridized carbons (Fsp3) is 0.263. The summed E-state index contributed by atoms with van der Waals surface area (Å²) in [5.41, 5.74) is 1.32. The van der Waals surface area contributed by atoms with Gasteiger partial charge in [-0.2, -0.15) is 4.31 Å². The second kappa shape index (κ2) is 7.80. The van der Waals surface area contributed by atoms with Gasteiger partial charge in [-0.05, 0) is 57.2 Å². The number of hydrogen-bond acceptors (Lipinski definition) is 4. The quantitative estimate of drug-likeness (QED) is 0.787. The second-order valence-electron chi connectivity index (χ2n) is 6.23. The molecule has 138 valence electrons. The van der Waals surface area contributed by atoms with E-state index in [-0.39, 0.29) is 22.6 Å². The Morgan fingerprint density at radius 3 is 2.15 bits per heavy atom. The first-order valence-electron chi connectivity index (χ1n) is 8.13. The summed E-state index contributed by atoms with van der Waals surface area (Å²) < 4.78 is 26.2. The molecule has 26 heavy (non-hydrogen) atoms. The molecule has 0 aliphatic heterocycles. The van der Waals surface area contributed by atoms with E-state index >= 15 is 0 Å². The summed E-state index contributed by atoms with van der Waals surface area (Å²) in [7, 11) is -2.07. The van der Waals surface area contributed by atoms with E-state index in [2.05, 4.69) is 5.32 Å². The maximum Gasteiger partial charge on any atom is 0.255 e. The summed E-state index contributed by atoms with van der Waals surface area (Å²) in [5.74, 6) is -0.475. The first kappa shape index (κ1) is 19.8. The highest BCUT2D eigenvalue weighted by atomic mass is 32.2. The molecule has 0 aliphatic carbocycles. The van der Waals surface area contributed by atoms with Crippen LogP contribution in [0.2, 0.25) is 0 Å². The highest BCUT2D eigenvalue weighted by Gasteiger charge is 2.23. The van der Waals surface area contributed by atoms with Crippen molar-refractivity contribution in [2.24, 2.45) is 0 Å². The van der Waals surface area contributed by atoms with Gasteiger partial charge >= 0.3 is 0 Å². The molecule has 0 saturated carbocycles. The average Bonchev–Trinajstić information content (AvgIpc) is 2.61. The number of benzene rings is 2. The third kappa shape index (κ3) is 4.36. The molecule has 0 radical (unpaired) electrons. The van der Waals surface area contributed by atoms with Gasteiger partial charge in [-0.3, -0.25) is 9.59 Å². The number of rotatable bonds is 6. The number of Topliss-reactive ketones (excluding diaryl/α,β-unsaturated/α-hetero) is 1. The number of nitrogens with one attached hydrogen (secondary N) is 1. The molecule has 0 aromatic heterocycles. The molecule has 0 bridgehead atoms. The summed E-state index contributed by atoms with van der Waals surface area (Å²) in [6.07, 6.45) is 0. The highest BCUT2D eigenvalue weighted by Crippen LogP contribution is 2.18. The van der Waals surface area contributed by atoms with Crippen LogP contribution in [0.1, 0.15) is 41.5 Å². The van der Waals surface area contributed by atoms with Crippen molar-refractivity contribution < 1.29 is 18.0 Å². The maximum atomic E-state index is 12.4. The van der Waals surface area contributed by atoms with Gasteiger partial charge in [0, 0.05) is 29.9 Å². The van der Waals surface area contributed by atoms with Crippen molar-refractivity contribution in [2.45, 2.75) is 31.7 Å². The van der Waals surface area contributed by atoms with E-state index in [1.54, 1.807) is 38.1 Å². The molecule has 2 rings (SSSR count). The van der Waals surface area contributed by atoms with Gasteiger partial charge in [0.25, 0.3) is 5.91 Å². The SMILES string of the molecule is CC(=O)c1cccc(NC(=O)c2ccc(S(=O)(=O)N(C)C(C)C)cc2)c1. The highest BCUT2D eigenvalue weighted by molar-refractivity contribution is 7.89. The predicted octanol–water partition coefficient (Wildman–Crippen LogP) is 3.17. The minimum atomic E-state index is -3.59. The van der Waals surface area contributed by atoms with Crippen molar-refractivity contribution in [1.29, 1.82) is 0 Å². The van der Waals surface area contributed by atoms with E-state index in [1.807, 2.05) is 0 Å². The molecular formula is C19H22N2O4S. The van der Waals surface area contributed by atoms with Crippen molar-refractivity contribution in [3.8, 4) is 0 Å². The zero-order valence-corrected chi connectivity index (χ0v) is 16.0. The van der Waals surface area contributed by atoms with Gasteiger partial charge in [-0.25, -0.2) is 8.42 Å². The van der Waals surface area contributed by atoms with Crippen LogP contribution in [0.25, 0.3) is 0 Å². The van der Waals surface area contributed by atoms with Gasteiger partial charge in [0.2, 0.25) is 10.0 Å². The topological polar surface area (TPSA) is 83.5 Å². The number of hydrogen-bond donors (Lipinski definition) is 1. The van der Waals surface area contributed by atoms with E-state index < -0.39 is 10.0 Å². The van der Waals surface area contributed by atoms with Crippen LogP contribution in [-0.2, 0) is 10.0 Å². The van der Waals surface area contributed by atoms with Crippen LogP contribution in [-0.4, -0.2) is 37.5 Å². The number of anilines is 1. The number of nitrogens with zero attached hydrogens (tertiary/aromatic N) is 1. The monoisotopic (exact) mass is 374 g/mol. The molecule has 0 unspecified atom stereocenters. The van der Waals surface area contributed by atoms with E-state index in [0.29, 0.717) is 16.8 Å². The van der Waals surface area contributed by atoms with Gasteiger partial charge in [-0.1, -0.05) is 12.1 Å². The van der Waals surface area contributed by atoms with Crippen molar-refractivity contribution >= 4 is 27.4 Å². The third-order valence-corrected chi connectivity index (χ3v) is 6.10. The van der Waals surface area contributed by atoms with Crippen LogP contribution in [0.5, 0.6) is 0 Å². The number of carbonyl (C=O) groups excluding carboxylic acids is 2. The van der Waals surface area contributed by atoms with Gasteiger partial charge in [0.05, 0.1) is 4.90 Å². The minimum Gasteiger partial charge on any atom is -0.322 e. The summed E-state index contributed by atoms with van der Waals surface area (Å²) in [4.78, 5) is 23.9. The van der Waals surface area contributed by atoms with Crippen molar-refractivity contribution in [3.63, 3.8) is 0 Å². The Morgan fingerprint density at radius 1 is 1.00 bits per heavy atom. The summed E-state index contributed by atoms with van der Waals surface area (Å²) in [6.45, 7) is 5.03. The molecule has 0 saturated heterocycles. The summed E-state index contributed by atoms with van der Waals surface area (Å²) >= 11 is 0. The second-order valence-corrected chi connectivity index (χ2v) is 8.23. The normalized spacial score (nSPS) is 11.6. The number of ketones is 1. The Balaban J connectivity index is 2.19. The molecule has 0 heterocycles. The van der Waals surface area contributed by atoms with Crippen LogP contribution in [0.15, 0.2) is 53.4 Å². The minimum absolute atomic E-state index is 0.0927. The van der Waals surface area contributed by atoms with Crippen molar-refractivity contribution in [2.75, 3.05) is 12.4 Å². The van der Waals surface area contributed by atoms with E-state index in [9.17, 15) is 18.0 Å². The first-order chi connectivity index (χ1) is 12.1. The Kier molecular flexibility index (Phi) is 5.94. The Morgan fingerprint density at radius 2 is 1.62 bits per heavy atom. The largest absolute Gasteiger partial charge is 0.322 e.